The van der Waals surface area contributed by atoms with Crippen LogP contribution in [0.15, 0.2) is 97.3 Å². The molecule has 30 heavy (non-hydrogen) atoms. The number of aromatic nitrogens is 2. The lowest BCUT2D eigenvalue weighted by Gasteiger charge is -2.13. The molecular weight excluding hydrogens is 364 g/mol. The van der Waals surface area contributed by atoms with Crippen LogP contribution >= 0.6 is 0 Å². The van der Waals surface area contributed by atoms with E-state index in [0.717, 1.165) is 6.42 Å². The van der Waals surface area contributed by atoms with Gasteiger partial charge in [0.15, 0.2) is 0 Å². The monoisotopic (exact) mass is 382 g/mol. The molecule has 2 aromatic heterocycles. The second-order valence-corrected chi connectivity index (χ2v) is 8.02. The molecule has 7 rings (SSSR count). The summed E-state index contributed by atoms with van der Waals surface area (Å²) in [5.74, 6) is 0. The number of pyridine rings is 1. The first-order chi connectivity index (χ1) is 14.9. The smallest absolute Gasteiger partial charge is 0.0638 e. The van der Waals surface area contributed by atoms with Gasteiger partial charge in [-0.1, -0.05) is 60.7 Å². The Labute approximate surface area is 174 Å². The fourth-order valence-electron chi connectivity index (χ4n) is 5.33. The number of benzene rings is 4. The first kappa shape index (κ1) is 15.9. The molecule has 2 heteroatoms. The second kappa shape index (κ2) is 5.80. The molecular formula is C28H18N2. The molecule has 0 atom stereocenters. The summed E-state index contributed by atoms with van der Waals surface area (Å²) in [4.78, 5) is 4.54. The topological polar surface area (TPSA) is 17.8 Å². The van der Waals surface area contributed by atoms with E-state index in [9.17, 15) is 0 Å². The van der Waals surface area contributed by atoms with Crippen LogP contribution < -0.4 is 0 Å². The van der Waals surface area contributed by atoms with Crippen LogP contribution in [-0.2, 0) is 6.42 Å². The molecule has 2 nitrogen and oxygen atoms in total. The fraction of sp³-hybridized carbons (Fsp3) is 0.0357. The van der Waals surface area contributed by atoms with Gasteiger partial charge in [0.05, 0.1) is 11.0 Å². The van der Waals surface area contributed by atoms with E-state index in [2.05, 4.69) is 94.5 Å². The highest BCUT2D eigenvalue weighted by molar-refractivity contribution is 6.24. The summed E-state index contributed by atoms with van der Waals surface area (Å²) in [6.45, 7) is 0. The minimum Gasteiger partial charge on any atom is -0.309 e. The van der Waals surface area contributed by atoms with E-state index in [1.54, 1.807) is 0 Å². The van der Waals surface area contributed by atoms with Crippen LogP contribution in [0.1, 0.15) is 11.1 Å². The van der Waals surface area contributed by atoms with Crippen LogP contribution in [-0.4, -0.2) is 9.55 Å². The zero-order chi connectivity index (χ0) is 19.7. The van der Waals surface area contributed by atoms with E-state index in [-0.39, 0.29) is 0 Å². The van der Waals surface area contributed by atoms with E-state index in [1.807, 2.05) is 12.4 Å². The molecule has 0 N–H and O–H groups in total. The lowest BCUT2D eigenvalue weighted by molar-refractivity contribution is 1.18. The average molecular weight is 382 g/mol. The quantitative estimate of drug-likeness (QED) is 0.302. The minimum atomic E-state index is 0.975. The molecule has 0 saturated carbocycles. The Kier molecular flexibility index (Phi) is 3.09. The van der Waals surface area contributed by atoms with Gasteiger partial charge < -0.3 is 4.57 Å². The second-order valence-electron chi connectivity index (χ2n) is 8.02. The Morgan fingerprint density at radius 1 is 0.700 bits per heavy atom. The van der Waals surface area contributed by atoms with E-state index in [0.29, 0.717) is 0 Å². The Morgan fingerprint density at radius 3 is 2.43 bits per heavy atom. The molecule has 2 heterocycles. The number of hydrogen-bond acceptors (Lipinski definition) is 1. The maximum absolute atomic E-state index is 4.54. The third kappa shape index (κ3) is 1.95. The first-order valence-corrected chi connectivity index (χ1v) is 10.4. The summed E-state index contributed by atoms with van der Waals surface area (Å²) in [5, 5.41) is 5.17. The zero-order valence-corrected chi connectivity index (χ0v) is 16.3. The van der Waals surface area contributed by atoms with Gasteiger partial charge in [-0.25, -0.2) is 0 Å². The minimum absolute atomic E-state index is 0.975. The molecule has 1 aliphatic rings. The van der Waals surface area contributed by atoms with Crippen LogP contribution in [0.2, 0.25) is 0 Å². The van der Waals surface area contributed by atoms with Crippen molar-refractivity contribution in [1.82, 2.24) is 9.55 Å². The lowest BCUT2D eigenvalue weighted by Crippen LogP contribution is -1.95. The summed E-state index contributed by atoms with van der Waals surface area (Å²) in [7, 11) is 0. The van der Waals surface area contributed by atoms with E-state index < -0.39 is 0 Å². The highest BCUT2D eigenvalue weighted by Gasteiger charge is 2.27. The van der Waals surface area contributed by atoms with Crippen molar-refractivity contribution < 1.29 is 0 Å². The van der Waals surface area contributed by atoms with Crippen LogP contribution in [0.4, 0.5) is 0 Å². The molecule has 0 fully saturated rings. The van der Waals surface area contributed by atoms with Gasteiger partial charge in [-0.3, -0.25) is 4.98 Å². The van der Waals surface area contributed by atoms with Crippen LogP contribution in [0, 0.1) is 0 Å². The number of para-hydroxylation sites is 2. The summed E-state index contributed by atoms with van der Waals surface area (Å²) >= 11 is 0. The highest BCUT2D eigenvalue weighted by Crippen LogP contribution is 2.48. The maximum atomic E-state index is 4.54. The predicted octanol–water partition coefficient (Wildman–Crippen LogP) is 6.90. The van der Waals surface area contributed by atoms with Gasteiger partial charge in [0, 0.05) is 34.2 Å². The average Bonchev–Trinajstić information content (AvgIpc) is 3.36. The van der Waals surface area contributed by atoms with Gasteiger partial charge in [0.2, 0.25) is 0 Å². The molecule has 0 unspecified atom stereocenters. The van der Waals surface area contributed by atoms with E-state index in [1.165, 1.54) is 60.5 Å². The summed E-state index contributed by atoms with van der Waals surface area (Å²) < 4.78 is 2.41. The molecule has 0 amide bonds. The third-order valence-corrected chi connectivity index (χ3v) is 6.49. The molecule has 140 valence electrons. The van der Waals surface area contributed by atoms with E-state index >= 15 is 0 Å². The van der Waals surface area contributed by atoms with Gasteiger partial charge in [-0.2, -0.15) is 0 Å². The largest absolute Gasteiger partial charge is 0.309 e. The summed E-state index contributed by atoms with van der Waals surface area (Å²) in [5.41, 5.74) is 9.29. The normalized spacial score (nSPS) is 12.5. The number of fused-ring (bicyclic) bond motifs is 10. The number of hydrogen-bond donors (Lipinski definition) is 0. The lowest BCUT2D eigenvalue weighted by atomic mass is 9.94. The Morgan fingerprint density at radius 2 is 1.50 bits per heavy atom. The molecule has 0 bridgehead atoms. The number of nitrogens with zero attached hydrogens (tertiary/aromatic N) is 2. The first-order valence-electron chi connectivity index (χ1n) is 10.4. The molecule has 4 aromatic carbocycles. The zero-order valence-electron chi connectivity index (χ0n) is 16.3. The van der Waals surface area contributed by atoms with Crippen molar-refractivity contribution in [2.75, 3.05) is 0 Å². The van der Waals surface area contributed by atoms with Gasteiger partial charge in [0.25, 0.3) is 0 Å². The molecule has 0 radical (unpaired) electrons. The van der Waals surface area contributed by atoms with Gasteiger partial charge in [-0.15, -0.1) is 0 Å². The van der Waals surface area contributed by atoms with Gasteiger partial charge in [-0.05, 0) is 58.3 Å². The third-order valence-electron chi connectivity index (χ3n) is 6.49. The van der Waals surface area contributed by atoms with Crippen LogP contribution in [0.5, 0.6) is 0 Å². The predicted molar refractivity (Wildman–Crippen MR) is 124 cm³/mol. The van der Waals surface area contributed by atoms with Gasteiger partial charge >= 0.3 is 0 Å². The van der Waals surface area contributed by atoms with Crippen molar-refractivity contribution in [2.24, 2.45) is 0 Å². The molecule has 0 saturated heterocycles. The number of rotatable bonds is 1. The molecule has 1 aliphatic carbocycles. The van der Waals surface area contributed by atoms with Crippen LogP contribution in [0.3, 0.4) is 0 Å². The summed E-state index contributed by atoms with van der Waals surface area (Å²) in [6.07, 6.45) is 4.94. The Bertz CT molecular complexity index is 1610. The van der Waals surface area contributed by atoms with E-state index in [4.69, 9.17) is 0 Å². The van der Waals surface area contributed by atoms with Crippen molar-refractivity contribution in [3.63, 3.8) is 0 Å². The van der Waals surface area contributed by atoms with Crippen LogP contribution in [0.25, 0.3) is 49.4 Å². The Hall–Kier alpha value is -3.91. The van der Waals surface area contributed by atoms with Crippen molar-refractivity contribution >= 4 is 32.6 Å². The van der Waals surface area contributed by atoms with Crippen molar-refractivity contribution in [3.05, 3.63) is 108 Å². The molecule has 0 spiro atoms. The summed E-state index contributed by atoms with van der Waals surface area (Å²) in [6, 6.07) is 30.5. The fourth-order valence-corrected chi connectivity index (χ4v) is 5.33. The van der Waals surface area contributed by atoms with Crippen molar-refractivity contribution in [1.29, 1.82) is 0 Å². The van der Waals surface area contributed by atoms with Crippen molar-refractivity contribution in [3.8, 4) is 16.8 Å². The van der Waals surface area contributed by atoms with Gasteiger partial charge in [0.1, 0.15) is 0 Å². The maximum Gasteiger partial charge on any atom is 0.0638 e. The molecule has 0 aliphatic heterocycles. The van der Waals surface area contributed by atoms with Crippen molar-refractivity contribution in [2.45, 2.75) is 6.42 Å². The molecule has 6 aromatic rings. The standard InChI is InChI=1S/C28H18N2/c1-2-9-19(10-3-1)30-25-13-7-6-12-22(25)27-23-16-18-8-4-5-11-20(18)26(23)21-14-15-29-17-24(21)28(27)30/h1-15,17H,16H2. The SMILES string of the molecule is c1ccc(-n2c3ccccc3c3c4c(c5ccncc5c32)-c2ccccc2C4)cc1. The highest BCUT2D eigenvalue weighted by atomic mass is 15.0. The Balaban J connectivity index is 1.79.